The zero-order valence-electron chi connectivity index (χ0n) is 87.9. The van der Waals surface area contributed by atoms with Gasteiger partial charge >= 0.3 is 0 Å². The fraction of sp³-hybridized carbons (Fsp3) is 0.468. The van der Waals surface area contributed by atoms with Crippen molar-refractivity contribution >= 4 is 103 Å². The van der Waals surface area contributed by atoms with Crippen LogP contribution in [0, 0.1) is 24.0 Å². The number of thiazole rings is 1. The zero-order chi connectivity index (χ0) is 99.4. The Labute approximate surface area is 860 Å². The Morgan fingerprint density at radius 2 is 0.794 bits per heavy atom. The number of H-pyrrole nitrogens is 1. The number of halogens is 2. The summed E-state index contributed by atoms with van der Waals surface area (Å²) in [5, 5.41) is 30.8. The average molecular weight is 1950 g/mol. The molecule has 0 spiro atoms. The van der Waals surface area contributed by atoms with Crippen LogP contribution in [0.15, 0.2) is 236 Å². The molecule has 0 radical (unpaired) electrons. The van der Waals surface area contributed by atoms with Crippen LogP contribution >= 0.6 is 11.3 Å². The minimum atomic E-state index is -0.148. The summed E-state index contributed by atoms with van der Waals surface area (Å²) in [4.78, 5) is 7.43. The number of hydrogen-bond donors (Lipinski definition) is 1. The number of rotatable bonds is 0. The van der Waals surface area contributed by atoms with Crippen LogP contribution < -0.4 is 0 Å². The lowest BCUT2D eigenvalue weighted by Gasteiger charge is -2.20. The lowest BCUT2D eigenvalue weighted by atomic mass is 9.85. The molecule has 0 atom stereocenters. The number of aryl methyl sites for hydroxylation is 6. The molecule has 14 nitrogen and oxygen atoms in total. The highest BCUT2D eigenvalue weighted by atomic mass is 32.1. The van der Waals surface area contributed by atoms with Crippen LogP contribution in [0.25, 0.3) is 92.1 Å². The molecule has 1 N–H and O–H groups in total. The van der Waals surface area contributed by atoms with Gasteiger partial charge in [0.05, 0.1) is 66.6 Å². The van der Waals surface area contributed by atoms with Gasteiger partial charge in [0.15, 0.2) is 5.58 Å². The smallest absolute Gasteiger partial charge is 0.167 e. The number of para-hydroxylation sites is 4. The second-order valence-electron chi connectivity index (χ2n) is 42.7. The summed E-state index contributed by atoms with van der Waals surface area (Å²) in [7, 11) is 9.92. The number of benzene rings is 8. The Hall–Kier alpha value is -11.3. The number of pyridine rings is 1. The summed E-state index contributed by atoms with van der Waals surface area (Å²) < 4.78 is 45.4. The van der Waals surface area contributed by atoms with Crippen molar-refractivity contribution in [2.45, 2.75) is 352 Å². The maximum atomic E-state index is 13.6. The fourth-order valence-electron chi connectivity index (χ4n) is 15.1. The van der Waals surface area contributed by atoms with Crippen LogP contribution in [0.4, 0.5) is 8.78 Å². The minimum absolute atomic E-state index is 0. The SMILES string of the molecule is C.C.C.C.C.C.C.C.C.CC.CC.CC.CC(C)(C)C.CC(C)(C)c1c[nH]c2cccc(F)c12.CC(C)(C)c1cnn2ccccc12.CC(C)(C)c1noc2ccccc12.Cc1nc2ccccc2s1.Cn1cc2c(C(C)(C)C)cccc2n1.Cn1ccc2c(C(C)(C)C)ccc(F)c21.Cn1ccc2c(C(C)(C)C)cccc21.Cn1nc(C(C)(C)C)c2ccccc21.Cn1ncc2cccc(C(C)(C)C)c21. The van der Waals surface area contributed by atoms with Crippen molar-refractivity contribution < 1.29 is 13.3 Å². The first-order valence-corrected chi connectivity index (χ1v) is 47.7. The molecule has 8 aromatic carbocycles. The van der Waals surface area contributed by atoms with Crippen LogP contribution in [0.1, 0.15) is 352 Å². The molecule has 18 aromatic rings. The standard InChI is InChI=1S/C13H16FN.C13H17N.C12H14FN.3C12H16N2.C11H14N2.C11H13NO.C8H7NS.C5H12.3C2H6.9CH4/c1-13(2,3)10-5-6-11(14)12-9(10)7-8-15(12)4;1-13(2,3)11-6-5-7-12-10(11)8-9-14(12)4;1-12(2,3)8-7-14-10-6-4-5-9(13)11(8)10;1-12(2,3)10-6-5-7-11-9(10)8-14(4)13-11;1-12(2,3)10-7-5-6-9-8-13-14(4)11(9)10;1-12(2,3)11-9-7-5-6-8-10(9)14(4)13-11;1-11(2,3)9-8-12-13-7-5-4-6-10(9)13;1-11(2,3)10-8-6-4-5-7-9(8)13-12-10;1-6-9-7-4-2-3-5-8(7)10-6;1-5(2,3)4;3*1-2;;;;;;;;;/h5-8H,1-4H3;5-9H,1-4H3;4-7,14H,1-3H3;3*5-8H,1-4H3;4-8H,1-3H3;4-7H,1-3H3;2-5H,1H3;1-4H3;3*1-2H3;9*1H4. The molecule has 0 saturated heterocycles. The Balaban J connectivity index is -0.000000734. The third kappa shape index (κ3) is 37.2. The van der Waals surface area contributed by atoms with Gasteiger partial charge in [-0.2, -0.15) is 20.4 Å². The number of aromatic nitrogens is 13. The predicted octanol–water partition coefficient (Wildman–Crippen LogP) is 38.5. The molecule has 0 aliphatic heterocycles. The number of nitrogens with zero attached hydrogens (tertiary/aromatic N) is 12. The van der Waals surface area contributed by atoms with E-state index in [1.54, 1.807) is 23.5 Å². The lowest BCUT2D eigenvalue weighted by molar-refractivity contribution is 0.419. The van der Waals surface area contributed by atoms with Crippen molar-refractivity contribution in [3.05, 3.63) is 293 Å². The van der Waals surface area contributed by atoms with Gasteiger partial charge in [-0.05, 0) is 158 Å². The fourth-order valence-corrected chi connectivity index (χ4v) is 15.9. The second kappa shape index (κ2) is 57.1. The van der Waals surface area contributed by atoms with Crippen LogP contribution in [0.5, 0.6) is 0 Å². The maximum Gasteiger partial charge on any atom is 0.167 e. The molecule has 782 valence electrons. The van der Waals surface area contributed by atoms with Crippen LogP contribution in [-0.4, -0.2) is 63.2 Å². The normalized spacial score (nSPS) is 11.0. The minimum Gasteiger partial charge on any atom is -0.361 e. The van der Waals surface area contributed by atoms with Gasteiger partial charge < -0.3 is 18.6 Å². The molecule has 0 unspecified atom stereocenters. The van der Waals surface area contributed by atoms with Gasteiger partial charge in [-0.15, -0.1) is 11.3 Å². The Morgan fingerprint density at radius 1 is 0.340 bits per heavy atom. The average Bonchev–Trinajstić information content (AvgIpc) is 1.61. The molecule has 0 fully saturated rings. The Kier molecular flexibility index (Phi) is 55.1. The lowest BCUT2D eigenvalue weighted by Crippen LogP contribution is -2.12. The maximum absolute atomic E-state index is 13.6. The second-order valence-corrected chi connectivity index (χ2v) is 43.9. The van der Waals surface area contributed by atoms with Crippen molar-refractivity contribution in [1.82, 2.24) is 63.2 Å². The van der Waals surface area contributed by atoms with Gasteiger partial charge in [0.2, 0.25) is 0 Å². The van der Waals surface area contributed by atoms with Gasteiger partial charge in [-0.1, -0.05) is 411 Å². The van der Waals surface area contributed by atoms with Crippen molar-refractivity contribution in [2.75, 3.05) is 0 Å². The number of hydrogen-bond acceptors (Lipinski definition) is 8. The van der Waals surface area contributed by atoms with E-state index in [1.807, 2.05) is 204 Å². The topological polar surface area (TPSA) is 135 Å². The van der Waals surface area contributed by atoms with Gasteiger partial charge in [0.1, 0.15) is 11.6 Å². The molecule has 10 heterocycles. The number of fused-ring (bicyclic) bond motifs is 9. The highest BCUT2D eigenvalue weighted by Crippen LogP contribution is 2.38. The Morgan fingerprint density at radius 3 is 1.35 bits per heavy atom. The van der Waals surface area contributed by atoms with Crippen LogP contribution in [-0.2, 0) is 78.6 Å². The summed E-state index contributed by atoms with van der Waals surface area (Å²) in [6.45, 7) is 75.3. The molecule has 17 heteroatoms. The summed E-state index contributed by atoms with van der Waals surface area (Å²) in [5.74, 6) is -0.292. The van der Waals surface area contributed by atoms with Crippen molar-refractivity contribution in [2.24, 2.45) is 40.7 Å². The summed E-state index contributed by atoms with van der Waals surface area (Å²) in [5.41, 5.74) is 20.9. The largest absolute Gasteiger partial charge is 0.361 e. The molecule has 0 aliphatic rings. The summed E-state index contributed by atoms with van der Waals surface area (Å²) in [6.07, 6.45) is 13.9. The van der Waals surface area contributed by atoms with E-state index in [1.165, 1.54) is 87.9 Å². The molecule has 141 heavy (non-hydrogen) atoms. The van der Waals surface area contributed by atoms with Crippen molar-refractivity contribution in [1.29, 1.82) is 0 Å². The van der Waals surface area contributed by atoms with Gasteiger partial charge in [-0.3, -0.25) is 14.0 Å². The summed E-state index contributed by atoms with van der Waals surface area (Å²) >= 11 is 1.74. The molecule has 0 aliphatic carbocycles. The van der Waals surface area contributed by atoms with Crippen molar-refractivity contribution in [3.63, 3.8) is 0 Å². The van der Waals surface area contributed by atoms with Crippen LogP contribution in [0.3, 0.4) is 0 Å². The molecule has 18 rings (SSSR count). The quantitative estimate of drug-likeness (QED) is 0.160. The summed E-state index contributed by atoms with van der Waals surface area (Å²) in [6, 6.07) is 62.7. The van der Waals surface area contributed by atoms with E-state index in [0.29, 0.717) is 10.9 Å². The number of nitrogens with one attached hydrogen (secondary N) is 1. The molecular weight excluding hydrogens is 1760 g/mol. The molecular formula is C124H195F2N13OS. The molecule has 0 bridgehead atoms. The number of aromatic amines is 1. The first-order chi connectivity index (χ1) is 61.4. The van der Waals surface area contributed by atoms with Gasteiger partial charge in [0.25, 0.3) is 0 Å². The van der Waals surface area contributed by atoms with Gasteiger partial charge in [0, 0.05) is 131 Å². The van der Waals surface area contributed by atoms with E-state index in [9.17, 15) is 8.78 Å². The predicted molar refractivity (Wildman–Crippen MR) is 629 cm³/mol. The monoisotopic (exact) mass is 1950 g/mol. The third-order valence-corrected chi connectivity index (χ3v) is 22.2. The molecule has 10 aromatic heterocycles. The van der Waals surface area contributed by atoms with Crippen LogP contribution in [0.2, 0.25) is 0 Å². The van der Waals surface area contributed by atoms with E-state index < -0.39 is 0 Å². The van der Waals surface area contributed by atoms with E-state index in [0.717, 1.165) is 54.6 Å². The first kappa shape index (κ1) is 136. The third-order valence-electron chi connectivity index (χ3n) is 21.2. The highest BCUT2D eigenvalue weighted by molar-refractivity contribution is 7.18. The first-order valence-electron chi connectivity index (χ1n) is 46.8. The van der Waals surface area contributed by atoms with E-state index >= 15 is 0 Å². The molecule has 0 saturated carbocycles. The van der Waals surface area contributed by atoms with E-state index in [-0.39, 0.29) is 122 Å². The zero-order valence-corrected chi connectivity index (χ0v) is 88.7. The van der Waals surface area contributed by atoms with E-state index in [2.05, 4.69) is 350 Å². The Bertz CT molecular complexity index is 6440. The van der Waals surface area contributed by atoms with Gasteiger partial charge in [-0.25, -0.2) is 18.3 Å². The molecule has 0 amide bonds. The van der Waals surface area contributed by atoms with Crippen molar-refractivity contribution in [3.8, 4) is 0 Å². The van der Waals surface area contributed by atoms with E-state index in [4.69, 9.17) is 4.52 Å². The highest BCUT2D eigenvalue weighted by Gasteiger charge is 2.27.